The lowest BCUT2D eigenvalue weighted by Gasteiger charge is -2.14. The Balaban J connectivity index is 1.59. The maximum absolute atomic E-state index is 12.3. The highest BCUT2D eigenvalue weighted by molar-refractivity contribution is 6.02. The van der Waals surface area contributed by atoms with Gasteiger partial charge in [-0.3, -0.25) is 9.59 Å². The van der Waals surface area contributed by atoms with Crippen LogP contribution in [0.4, 0.5) is 11.4 Å². The summed E-state index contributed by atoms with van der Waals surface area (Å²) in [7, 11) is 0. The number of nitrogens with one attached hydrogen (secondary N) is 3. The zero-order chi connectivity index (χ0) is 17.6. The molecule has 1 aromatic carbocycles. The lowest BCUT2D eigenvalue weighted by atomic mass is 10.2. The molecule has 0 saturated heterocycles. The summed E-state index contributed by atoms with van der Waals surface area (Å²) in [4.78, 5) is 23.2. The van der Waals surface area contributed by atoms with Crippen LogP contribution < -0.4 is 16.0 Å². The first-order valence-electron chi connectivity index (χ1n) is 8.61. The van der Waals surface area contributed by atoms with Gasteiger partial charge in [-0.05, 0) is 43.2 Å². The van der Waals surface area contributed by atoms with Crippen LogP contribution in [0.5, 0.6) is 0 Å². The summed E-state index contributed by atoms with van der Waals surface area (Å²) in [5.74, 6) is 0.299. The molecule has 2 amide bonds. The van der Waals surface area contributed by atoms with E-state index in [0.717, 1.165) is 5.69 Å². The lowest BCUT2D eigenvalue weighted by Crippen LogP contribution is -2.18. The maximum Gasteiger partial charge on any atom is 0.291 e. The number of rotatable bonds is 6. The van der Waals surface area contributed by atoms with Gasteiger partial charge in [-0.25, -0.2) is 0 Å². The summed E-state index contributed by atoms with van der Waals surface area (Å²) in [6.45, 7) is 1.70. The van der Waals surface area contributed by atoms with E-state index in [4.69, 9.17) is 4.42 Å². The predicted octanol–water partition coefficient (Wildman–Crippen LogP) is 3.52. The molecule has 0 unspecified atom stereocenters. The van der Waals surface area contributed by atoms with Crippen LogP contribution in [-0.2, 0) is 11.3 Å². The van der Waals surface area contributed by atoms with Crippen LogP contribution in [0.25, 0.3) is 0 Å². The molecule has 6 nitrogen and oxygen atoms in total. The monoisotopic (exact) mass is 341 g/mol. The van der Waals surface area contributed by atoms with Crippen LogP contribution in [0.2, 0.25) is 0 Å². The molecule has 0 atom stereocenters. The first-order valence-corrected chi connectivity index (χ1v) is 8.61. The zero-order valence-corrected chi connectivity index (χ0v) is 14.3. The van der Waals surface area contributed by atoms with Gasteiger partial charge in [-0.2, -0.15) is 0 Å². The fraction of sp³-hybridized carbons (Fsp3) is 0.368. The number of carbonyl (C=O) groups is 2. The molecule has 0 bridgehead atoms. The number of amides is 2. The topological polar surface area (TPSA) is 83.4 Å². The lowest BCUT2D eigenvalue weighted by molar-refractivity contribution is -0.119. The smallest absolute Gasteiger partial charge is 0.291 e. The molecule has 132 valence electrons. The normalized spacial score (nSPS) is 14.3. The SMILES string of the molecule is CC(=O)NCc1ccc(C(=O)Nc2cccc(NC3CCCC3)c2)o1. The molecule has 1 aliphatic carbocycles. The molecule has 0 spiro atoms. The molecular formula is C19H23N3O3. The van der Waals surface area contributed by atoms with Crippen molar-refractivity contribution in [2.45, 2.75) is 45.2 Å². The molecule has 1 fully saturated rings. The molecule has 1 aliphatic rings. The van der Waals surface area contributed by atoms with E-state index in [-0.39, 0.29) is 24.1 Å². The van der Waals surface area contributed by atoms with Crippen molar-refractivity contribution in [3.05, 3.63) is 47.9 Å². The summed E-state index contributed by atoms with van der Waals surface area (Å²) in [5, 5.41) is 8.99. The largest absolute Gasteiger partial charge is 0.454 e. The summed E-state index contributed by atoms with van der Waals surface area (Å²) in [6, 6.07) is 11.5. The molecular weight excluding hydrogens is 318 g/mol. The van der Waals surface area contributed by atoms with E-state index in [0.29, 0.717) is 17.5 Å². The van der Waals surface area contributed by atoms with Gasteiger partial charge in [0.05, 0.1) is 6.54 Å². The molecule has 2 aromatic rings. The van der Waals surface area contributed by atoms with Crippen molar-refractivity contribution in [2.24, 2.45) is 0 Å². The second kappa shape index (κ2) is 7.88. The quantitative estimate of drug-likeness (QED) is 0.750. The summed E-state index contributed by atoms with van der Waals surface area (Å²) in [6.07, 6.45) is 4.93. The van der Waals surface area contributed by atoms with E-state index in [1.54, 1.807) is 12.1 Å². The molecule has 25 heavy (non-hydrogen) atoms. The highest BCUT2D eigenvalue weighted by atomic mass is 16.4. The number of benzene rings is 1. The Hall–Kier alpha value is -2.76. The molecule has 0 aliphatic heterocycles. The van der Waals surface area contributed by atoms with Gasteiger partial charge in [0.2, 0.25) is 5.91 Å². The van der Waals surface area contributed by atoms with Crippen LogP contribution in [0.1, 0.15) is 48.9 Å². The number of furan rings is 1. The molecule has 0 radical (unpaired) electrons. The number of hydrogen-bond donors (Lipinski definition) is 3. The summed E-state index contributed by atoms with van der Waals surface area (Å²) < 4.78 is 5.46. The van der Waals surface area contributed by atoms with Crippen molar-refractivity contribution in [1.82, 2.24) is 5.32 Å². The van der Waals surface area contributed by atoms with Crippen LogP contribution in [-0.4, -0.2) is 17.9 Å². The van der Waals surface area contributed by atoms with Crippen LogP contribution >= 0.6 is 0 Å². The third-order valence-corrected chi connectivity index (χ3v) is 4.24. The first kappa shape index (κ1) is 17.1. The van der Waals surface area contributed by atoms with Crippen molar-refractivity contribution in [3.8, 4) is 0 Å². The standard InChI is InChI=1S/C19H23N3O3/c1-13(23)20-12-17-9-10-18(25-17)19(24)22-16-8-4-7-15(11-16)21-14-5-2-3-6-14/h4,7-11,14,21H,2-3,5-6,12H2,1H3,(H,20,23)(H,22,24). The number of anilines is 2. The van der Waals surface area contributed by atoms with Crippen molar-refractivity contribution in [1.29, 1.82) is 0 Å². The van der Waals surface area contributed by atoms with Gasteiger partial charge in [-0.15, -0.1) is 0 Å². The molecule has 3 rings (SSSR count). The average Bonchev–Trinajstić information content (AvgIpc) is 3.25. The Morgan fingerprint density at radius 2 is 1.88 bits per heavy atom. The highest BCUT2D eigenvalue weighted by Crippen LogP contribution is 2.24. The van der Waals surface area contributed by atoms with Gasteiger partial charge in [0.1, 0.15) is 5.76 Å². The molecule has 6 heteroatoms. The van der Waals surface area contributed by atoms with Gasteiger partial charge < -0.3 is 20.4 Å². The molecule has 1 aromatic heterocycles. The predicted molar refractivity (Wildman–Crippen MR) is 96.5 cm³/mol. The van der Waals surface area contributed by atoms with Crippen molar-refractivity contribution in [2.75, 3.05) is 10.6 Å². The van der Waals surface area contributed by atoms with Gasteiger partial charge in [0, 0.05) is 24.3 Å². The Bertz CT molecular complexity index is 748. The van der Waals surface area contributed by atoms with E-state index in [9.17, 15) is 9.59 Å². The van der Waals surface area contributed by atoms with Gasteiger partial charge in [0.25, 0.3) is 5.91 Å². The number of hydrogen-bond acceptors (Lipinski definition) is 4. The minimum absolute atomic E-state index is 0.144. The third kappa shape index (κ3) is 4.86. The summed E-state index contributed by atoms with van der Waals surface area (Å²) in [5.41, 5.74) is 1.73. The molecule has 1 saturated carbocycles. The summed E-state index contributed by atoms with van der Waals surface area (Å²) >= 11 is 0. The fourth-order valence-electron chi connectivity index (χ4n) is 2.99. The zero-order valence-electron chi connectivity index (χ0n) is 14.3. The Morgan fingerprint density at radius 3 is 2.64 bits per heavy atom. The molecule has 1 heterocycles. The Kier molecular flexibility index (Phi) is 5.38. The average molecular weight is 341 g/mol. The van der Waals surface area contributed by atoms with Crippen LogP contribution in [0.15, 0.2) is 40.8 Å². The van der Waals surface area contributed by atoms with Crippen molar-refractivity contribution in [3.63, 3.8) is 0 Å². The van der Waals surface area contributed by atoms with Crippen molar-refractivity contribution < 1.29 is 14.0 Å². The first-order chi connectivity index (χ1) is 12.1. The van der Waals surface area contributed by atoms with Crippen LogP contribution in [0.3, 0.4) is 0 Å². The van der Waals surface area contributed by atoms with Gasteiger partial charge >= 0.3 is 0 Å². The van der Waals surface area contributed by atoms with E-state index in [1.807, 2.05) is 24.3 Å². The minimum Gasteiger partial charge on any atom is -0.454 e. The Morgan fingerprint density at radius 1 is 1.12 bits per heavy atom. The second-order valence-electron chi connectivity index (χ2n) is 6.34. The molecule has 3 N–H and O–H groups in total. The maximum atomic E-state index is 12.3. The van der Waals surface area contributed by atoms with Crippen LogP contribution in [0, 0.1) is 0 Å². The highest BCUT2D eigenvalue weighted by Gasteiger charge is 2.15. The van der Waals surface area contributed by atoms with E-state index < -0.39 is 0 Å². The van der Waals surface area contributed by atoms with E-state index in [1.165, 1.54) is 32.6 Å². The van der Waals surface area contributed by atoms with E-state index in [2.05, 4.69) is 16.0 Å². The minimum atomic E-state index is -0.313. The van der Waals surface area contributed by atoms with Gasteiger partial charge in [-0.1, -0.05) is 18.9 Å². The number of carbonyl (C=O) groups excluding carboxylic acids is 2. The van der Waals surface area contributed by atoms with E-state index >= 15 is 0 Å². The van der Waals surface area contributed by atoms with Crippen molar-refractivity contribution >= 4 is 23.2 Å². The Labute approximate surface area is 147 Å². The fourth-order valence-corrected chi connectivity index (χ4v) is 2.99. The van der Waals surface area contributed by atoms with Gasteiger partial charge in [0.15, 0.2) is 5.76 Å². The third-order valence-electron chi connectivity index (χ3n) is 4.24. The second-order valence-corrected chi connectivity index (χ2v) is 6.34.